The minimum Gasteiger partial charge on any atom is -0.384 e. The molecule has 0 radical (unpaired) electrons. The lowest BCUT2D eigenvalue weighted by atomic mass is 10.1. The molecule has 3 rings (SSSR count). The number of aromatic amines is 1. The first-order valence-corrected chi connectivity index (χ1v) is 7.54. The second-order valence-corrected chi connectivity index (χ2v) is 6.11. The number of carbonyl (C=O) groups excluding carboxylic acids is 1. The Bertz CT molecular complexity index is 680. The fraction of sp³-hybridized carbons (Fsp3) is 0.438. The van der Waals surface area contributed by atoms with Gasteiger partial charge in [-0.25, -0.2) is 0 Å². The van der Waals surface area contributed by atoms with E-state index in [-0.39, 0.29) is 5.91 Å². The summed E-state index contributed by atoms with van der Waals surface area (Å²) in [6.45, 7) is 4.24. The van der Waals surface area contributed by atoms with E-state index in [9.17, 15) is 4.79 Å². The highest BCUT2D eigenvalue weighted by molar-refractivity contribution is 6.31. The molecule has 21 heavy (non-hydrogen) atoms. The van der Waals surface area contributed by atoms with Gasteiger partial charge >= 0.3 is 0 Å². The molecule has 0 saturated carbocycles. The predicted octanol–water partition coefficient (Wildman–Crippen LogP) is 3.24. The largest absolute Gasteiger partial charge is 0.384 e. The SMILES string of the molecule is COCC1CCN(C(=O)c2[nH]c3ccc(Cl)cc3c2C)C1. The third kappa shape index (κ3) is 2.65. The number of H-pyrrole nitrogens is 1. The zero-order chi connectivity index (χ0) is 15.0. The number of aromatic nitrogens is 1. The molecule has 1 atom stereocenters. The van der Waals surface area contributed by atoms with Gasteiger partial charge in [-0.1, -0.05) is 11.6 Å². The van der Waals surface area contributed by atoms with Crippen molar-refractivity contribution < 1.29 is 9.53 Å². The number of aryl methyl sites for hydroxylation is 1. The summed E-state index contributed by atoms with van der Waals surface area (Å²) in [4.78, 5) is 17.8. The Labute approximate surface area is 129 Å². The number of nitrogens with one attached hydrogen (secondary N) is 1. The quantitative estimate of drug-likeness (QED) is 0.946. The van der Waals surface area contributed by atoms with Gasteiger partial charge in [-0.3, -0.25) is 4.79 Å². The maximum Gasteiger partial charge on any atom is 0.270 e. The highest BCUT2D eigenvalue weighted by atomic mass is 35.5. The molecule has 1 aromatic carbocycles. The maximum absolute atomic E-state index is 12.7. The van der Waals surface area contributed by atoms with Gasteiger partial charge in [-0.05, 0) is 37.1 Å². The lowest BCUT2D eigenvalue weighted by Gasteiger charge is -2.16. The van der Waals surface area contributed by atoms with E-state index in [0.29, 0.717) is 23.2 Å². The third-order valence-electron chi connectivity index (χ3n) is 4.21. The Hall–Kier alpha value is -1.52. The summed E-state index contributed by atoms with van der Waals surface area (Å²) in [5.74, 6) is 0.511. The van der Waals surface area contributed by atoms with Crippen LogP contribution in [0.1, 0.15) is 22.5 Å². The third-order valence-corrected chi connectivity index (χ3v) is 4.44. The highest BCUT2D eigenvalue weighted by Crippen LogP contribution is 2.27. The smallest absolute Gasteiger partial charge is 0.270 e. The minimum atomic E-state index is 0.0680. The standard InChI is InChI=1S/C16H19ClN2O2/c1-10-13-7-12(17)3-4-14(13)18-15(10)16(20)19-6-5-11(8-19)9-21-2/h3-4,7,11,18H,5-6,8-9H2,1-2H3. The van der Waals surface area contributed by atoms with Gasteiger partial charge in [-0.2, -0.15) is 0 Å². The average Bonchev–Trinajstić information content (AvgIpc) is 3.05. The monoisotopic (exact) mass is 306 g/mol. The van der Waals surface area contributed by atoms with Gasteiger partial charge in [-0.15, -0.1) is 0 Å². The van der Waals surface area contributed by atoms with Crippen molar-refractivity contribution in [2.45, 2.75) is 13.3 Å². The summed E-state index contributed by atoms with van der Waals surface area (Å²) < 4.78 is 5.18. The summed E-state index contributed by atoms with van der Waals surface area (Å²) in [5, 5.41) is 1.70. The van der Waals surface area contributed by atoms with E-state index in [4.69, 9.17) is 16.3 Å². The van der Waals surface area contributed by atoms with Crippen LogP contribution >= 0.6 is 11.6 Å². The van der Waals surface area contributed by atoms with Crippen LogP contribution in [0.2, 0.25) is 5.02 Å². The molecule has 5 heteroatoms. The first-order valence-electron chi connectivity index (χ1n) is 7.16. The summed E-state index contributed by atoms with van der Waals surface area (Å²) >= 11 is 6.04. The highest BCUT2D eigenvalue weighted by Gasteiger charge is 2.28. The van der Waals surface area contributed by atoms with Crippen molar-refractivity contribution in [2.75, 3.05) is 26.8 Å². The molecular formula is C16H19ClN2O2. The first-order chi connectivity index (χ1) is 10.1. The van der Waals surface area contributed by atoms with Gasteiger partial charge in [0, 0.05) is 42.0 Å². The molecule has 1 aliphatic rings. The van der Waals surface area contributed by atoms with Crippen LogP contribution in [0.4, 0.5) is 0 Å². The van der Waals surface area contributed by atoms with Crippen molar-refractivity contribution in [3.63, 3.8) is 0 Å². The number of amides is 1. The molecular weight excluding hydrogens is 288 g/mol. The van der Waals surface area contributed by atoms with Crippen LogP contribution in [-0.2, 0) is 4.74 Å². The predicted molar refractivity (Wildman–Crippen MR) is 83.9 cm³/mol. The van der Waals surface area contributed by atoms with Gasteiger partial charge in [0.25, 0.3) is 5.91 Å². The number of hydrogen-bond acceptors (Lipinski definition) is 2. The van der Waals surface area contributed by atoms with E-state index in [1.54, 1.807) is 7.11 Å². The molecule has 4 nitrogen and oxygen atoms in total. The Morgan fingerprint density at radius 1 is 1.52 bits per heavy atom. The Balaban J connectivity index is 1.87. The van der Waals surface area contributed by atoms with Crippen molar-refractivity contribution in [1.29, 1.82) is 0 Å². The lowest BCUT2D eigenvalue weighted by molar-refractivity contribution is 0.0770. The van der Waals surface area contributed by atoms with Gasteiger partial charge in [0.05, 0.1) is 6.61 Å². The summed E-state index contributed by atoms with van der Waals surface area (Å²) in [7, 11) is 1.70. The number of hydrogen-bond donors (Lipinski definition) is 1. The van der Waals surface area contributed by atoms with Crippen LogP contribution in [0.5, 0.6) is 0 Å². The van der Waals surface area contributed by atoms with E-state index in [0.717, 1.165) is 36.0 Å². The van der Waals surface area contributed by atoms with E-state index in [1.807, 2.05) is 30.0 Å². The van der Waals surface area contributed by atoms with Crippen LogP contribution in [0.15, 0.2) is 18.2 Å². The number of fused-ring (bicyclic) bond motifs is 1. The van der Waals surface area contributed by atoms with Crippen LogP contribution < -0.4 is 0 Å². The van der Waals surface area contributed by atoms with E-state index in [2.05, 4.69) is 4.98 Å². The molecule has 112 valence electrons. The van der Waals surface area contributed by atoms with Gasteiger partial charge in [0.1, 0.15) is 5.69 Å². The summed E-state index contributed by atoms with van der Waals surface area (Å²) in [5.41, 5.74) is 2.59. The molecule has 1 N–H and O–H groups in total. The van der Waals surface area contributed by atoms with Crippen LogP contribution in [0.3, 0.4) is 0 Å². The Morgan fingerprint density at radius 2 is 2.33 bits per heavy atom. The minimum absolute atomic E-state index is 0.0680. The maximum atomic E-state index is 12.7. The number of nitrogens with zero attached hydrogens (tertiary/aromatic N) is 1. The van der Waals surface area contributed by atoms with Crippen LogP contribution in [-0.4, -0.2) is 42.6 Å². The zero-order valence-corrected chi connectivity index (χ0v) is 13.0. The van der Waals surface area contributed by atoms with E-state index < -0.39 is 0 Å². The fourth-order valence-corrected chi connectivity index (χ4v) is 3.23. The van der Waals surface area contributed by atoms with Crippen molar-refractivity contribution in [3.05, 3.63) is 34.5 Å². The fourth-order valence-electron chi connectivity index (χ4n) is 3.06. The molecule has 2 heterocycles. The number of methoxy groups -OCH3 is 1. The van der Waals surface area contributed by atoms with Gasteiger partial charge < -0.3 is 14.6 Å². The van der Waals surface area contributed by atoms with Gasteiger partial charge in [0.15, 0.2) is 0 Å². The summed E-state index contributed by atoms with van der Waals surface area (Å²) in [6, 6.07) is 5.65. The number of halogens is 1. The molecule has 2 aromatic rings. The van der Waals surface area contributed by atoms with Crippen LogP contribution in [0, 0.1) is 12.8 Å². The summed E-state index contributed by atoms with van der Waals surface area (Å²) in [6.07, 6.45) is 1.00. The second-order valence-electron chi connectivity index (χ2n) is 5.68. The Kier molecular flexibility index (Phi) is 3.91. The number of rotatable bonds is 3. The normalized spacial score (nSPS) is 18.6. The molecule has 0 bridgehead atoms. The van der Waals surface area contributed by atoms with E-state index >= 15 is 0 Å². The molecule has 1 unspecified atom stereocenters. The first kappa shape index (κ1) is 14.4. The number of likely N-dealkylation sites (tertiary alicyclic amines) is 1. The second kappa shape index (κ2) is 5.70. The molecule has 0 spiro atoms. The number of carbonyl (C=O) groups is 1. The molecule has 1 aliphatic heterocycles. The van der Waals surface area contributed by atoms with Crippen molar-refractivity contribution in [1.82, 2.24) is 9.88 Å². The van der Waals surface area contributed by atoms with Crippen LogP contribution in [0.25, 0.3) is 10.9 Å². The number of benzene rings is 1. The molecule has 1 amide bonds. The Morgan fingerprint density at radius 3 is 3.10 bits per heavy atom. The van der Waals surface area contributed by atoms with Crippen molar-refractivity contribution in [2.24, 2.45) is 5.92 Å². The molecule has 1 saturated heterocycles. The topological polar surface area (TPSA) is 45.3 Å². The van der Waals surface area contributed by atoms with Crippen molar-refractivity contribution in [3.8, 4) is 0 Å². The zero-order valence-electron chi connectivity index (χ0n) is 12.3. The molecule has 1 aromatic heterocycles. The number of ether oxygens (including phenoxy) is 1. The van der Waals surface area contributed by atoms with Gasteiger partial charge in [0.2, 0.25) is 0 Å². The average molecular weight is 307 g/mol. The molecule has 0 aliphatic carbocycles. The van der Waals surface area contributed by atoms with Crippen molar-refractivity contribution >= 4 is 28.4 Å². The lowest BCUT2D eigenvalue weighted by Crippen LogP contribution is -2.30. The van der Waals surface area contributed by atoms with E-state index in [1.165, 1.54) is 0 Å². The molecule has 1 fully saturated rings.